The average Bonchev–Trinajstić information content (AvgIpc) is 3.16. The molecule has 3 rings (SSSR count). The van der Waals surface area contributed by atoms with Crippen molar-refractivity contribution in [1.29, 1.82) is 0 Å². The minimum atomic E-state index is 0.284. The Balaban J connectivity index is 1.58. The lowest BCUT2D eigenvalue weighted by Gasteiger charge is -2.10. The van der Waals surface area contributed by atoms with Crippen LogP contribution in [0.4, 0.5) is 0 Å². The summed E-state index contributed by atoms with van der Waals surface area (Å²) in [6.45, 7) is 3.78. The summed E-state index contributed by atoms with van der Waals surface area (Å²) in [5.74, 6) is 1.62. The fourth-order valence-corrected chi connectivity index (χ4v) is 2.60. The third kappa shape index (κ3) is 5.79. The van der Waals surface area contributed by atoms with Gasteiger partial charge in [0, 0.05) is 42.0 Å². The van der Waals surface area contributed by atoms with Crippen LogP contribution >= 0.6 is 11.6 Å². The summed E-state index contributed by atoms with van der Waals surface area (Å²) >= 11 is 6.00. The van der Waals surface area contributed by atoms with E-state index in [1.54, 1.807) is 18.3 Å². The highest BCUT2D eigenvalue weighted by Crippen LogP contribution is 2.20. The lowest BCUT2D eigenvalue weighted by atomic mass is 10.2. The van der Waals surface area contributed by atoms with Crippen molar-refractivity contribution in [1.82, 2.24) is 25.8 Å². The number of nitrogens with one attached hydrogen (secondary N) is 2. The number of benzene rings is 1. The Morgan fingerprint density at radius 3 is 2.89 bits per heavy atom. The standard InChI is InChI=1S/C19H21ClN6O/c1-2-21-19(23-11-9-16-8-3-4-10-22-16)24-13-17-25-18(26-27-17)14-6-5-7-15(20)12-14/h3-8,10,12H,2,9,11,13H2,1H3,(H2,21,23,24). The fraction of sp³-hybridized carbons (Fsp3) is 0.263. The van der Waals surface area contributed by atoms with E-state index in [-0.39, 0.29) is 6.54 Å². The highest BCUT2D eigenvalue weighted by atomic mass is 35.5. The maximum atomic E-state index is 6.00. The molecule has 0 radical (unpaired) electrons. The Bertz CT molecular complexity index is 881. The van der Waals surface area contributed by atoms with Gasteiger partial charge >= 0.3 is 0 Å². The van der Waals surface area contributed by atoms with E-state index in [1.165, 1.54) is 0 Å². The van der Waals surface area contributed by atoms with E-state index in [1.807, 2.05) is 37.3 Å². The van der Waals surface area contributed by atoms with Gasteiger partial charge in [0.1, 0.15) is 6.54 Å². The Morgan fingerprint density at radius 2 is 2.11 bits per heavy atom. The fourth-order valence-electron chi connectivity index (χ4n) is 2.41. The van der Waals surface area contributed by atoms with Gasteiger partial charge in [0.25, 0.3) is 0 Å². The first-order chi connectivity index (χ1) is 13.2. The molecule has 0 bridgehead atoms. The second-order valence-electron chi connectivity index (χ2n) is 5.72. The third-order valence-corrected chi connectivity index (χ3v) is 3.90. The van der Waals surface area contributed by atoms with E-state index >= 15 is 0 Å². The van der Waals surface area contributed by atoms with Crippen molar-refractivity contribution in [2.24, 2.45) is 4.99 Å². The molecule has 8 heteroatoms. The first-order valence-corrected chi connectivity index (χ1v) is 9.13. The molecular formula is C19H21ClN6O. The number of hydrogen-bond donors (Lipinski definition) is 2. The maximum absolute atomic E-state index is 6.00. The predicted octanol–water partition coefficient (Wildman–Crippen LogP) is 3.08. The smallest absolute Gasteiger partial charge is 0.248 e. The lowest BCUT2D eigenvalue weighted by molar-refractivity contribution is 0.380. The van der Waals surface area contributed by atoms with E-state index in [4.69, 9.17) is 16.1 Å². The molecule has 0 saturated heterocycles. The number of aliphatic imine (C=N–C) groups is 1. The number of aromatic nitrogens is 3. The lowest BCUT2D eigenvalue weighted by Crippen LogP contribution is -2.38. The Hall–Kier alpha value is -2.93. The molecule has 0 aliphatic carbocycles. The van der Waals surface area contributed by atoms with Crippen LogP contribution in [0.2, 0.25) is 5.02 Å². The number of halogens is 1. The molecule has 27 heavy (non-hydrogen) atoms. The number of nitrogens with zero attached hydrogens (tertiary/aromatic N) is 4. The highest BCUT2D eigenvalue weighted by molar-refractivity contribution is 6.30. The molecule has 2 heterocycles. The van der Waals surface area contributed by atoms with Crippen LogP contribution in [0, 0.1) is 0 Å². The van der Waals surface area contributed by atoms with Gasteiger partial charge in [-0.2, -0.15) is 4.98 Å². The molecule has 0 unspecified atom stereocenters. The zero-order valence-electron chi connectivity index (χ0n) is 15.0. The van der Waals surface area contributed by atoms with Crippen molar-refractivity contribution in [2.45, 2.75) is 19.9 Å². The number of hydrogen-bond acceptors (Lipinski definition) is 5. The monoisotopic (exact) mass is 384 g/mol. The van der Waals surface area contributed by atoms with Gasteiger partial charge in [-0.3, -0.25) is 4.98 Å². The molecule has 140 valence electrons. The largest absolute Gasteiger partial charge is 0.357 e. The molecule has 0 spiro atoms. The Kier molecular flexibility index (Phi) is 6.76. The number of pyridine rings is 1. The quantitative estimate of drug-likeness (QED) is 0.480. The Labute approximate surface area is 162 Å². The van der Waals surface area contributed by atoms with Crippen molar-refractivity contribution in [3.8, 4) is 11.4 Å². The molecular weight excluding hydrogens is 364 g/mol. The van der Waals surface area contributed by atoms with Crippen LogP contribution in [-0.2, 0) is 13.0 Å². The summed E-state index contributed by atoms with van der Waals surface area (Å²) in [4.78, 5) is 13.2. The molecule has 1 aromatic carbocycles. The van der Waals surface area contributed by atoms with Crippen molar-refractivity contribution in [3.63, 3.8) is 0 Å². The minimum absolute atomic E-state index is 0.284. The zero-order valence-corrected chi connectivity index (χ0v) is 15.8. The second-order valence-corrected chi connectivity index (χ2v) is 6.15. The first-order valence-electron chi connectivity index (χ1n) is 8.75. The number of rotatable bonds is 7. The van der Waals surface area contributed by atoms with E-state index in [9.17, 15) is 0 Å². The number of guanidine groups is 1. The summed E-state index contributed by atoms with van der Waals surface area (Å²) in [7, 11) is 0. The van der Waals surface area contributed by atoms with Crippen LogP contribution in [0.1, 0.15) is 18.5 Å². The Morgan fingerprint density at radius 1 is 1.19 bits per heavy atom. The van der Waals surface area contributed by atoms with Crippen LogP contribution in [0.25, 0.3) is 11.4 Å². The summed E-state index contributed by atoms with van der Waals surface area (Å²) < 4.78 is 5.28. The average molecular weight is 385 g/mol. The highest BCUT2D eigenvalue weighted by Gasteiger charge is 2.09. The molecule has 0 saturated carbocycles. The minimum Gasteiger partial charge on any atom is -0.357 e. The van der Waals surface area contributed by atoms with Crippen molar-refractivity contribution >= 4 is 17.6 Å². The van der Waals surface area contributed by atoms with E-state index in [0.29, 0.717) is 22.7 Å². The topological polar surface area (TPSA) is 88.2 Å². The van der Waals surface area contributed by atoms with Gasteiger partial charge in [-0.05, 0) is 31.2 Å². The molecule has 0 fully saturated rings. The van der Waals surface area contributed by atoms with Crippen LogP contribution in [0.15, 0.2) is 58.2 Å². The molecule has 0 aliphatic heterocycles. The van der Waals surface area contributed by atoms with Crippen molar-refractivity contribution < 1.29 is 4.52 Å². The van der Waals surface area contributed by atoms with Gasteiger partial charge in [0.2, 0.25) is 11.7 Å². The van der Waals surface area contributed by atoms with Crippen molar-refractivity contribution in [2.75, 3.05) is 13.1 Å². The molecule has 0 atom stereocenters. The van der Waals surface area contributed by atoms with Gasteiger partial charge in [-0.25, -0.2) is 4.99 Å². The van der Waals surface area contributed by atoms with Crippen molar-refractivity contribution in [3.05, 3.63) is 65.3 Å². The maximum Gasteiger partial charge on any atom is 0.248 e. The van der Waals surface area contributed by atoms with E-state index in [0.717, 1.165) is 30.8 Å². The van der Waals surface area contributed by atoms with Gasteiger partial charge in [-0.15, -0.1) is 0 Å². The molecule has 7 nitrogen and oxygen atoms in total. The summed E-state index contributed by atoms with van der Waals surface area (Å²) in [5.41, 5.74) is 1.84. The third-order valence-electron chi connectivity index (χ3n) is 3.67. The van der Waals surface area contributed by atoms with Crippen LogP contribution in [0.3, 0.4) is 0 Å². The molecule has 0 amide bonds. The van der Waals surface area contributed by atoms with Crippen LogP contribution in [-0.4, -0.2) is 34.2 Å². The first kappa shape index (κ1) is 18.8. The predicted molar refractivity (Wildman–Crippen MR) is 106 cm³/mol. The van der Waals surface area contributed by atoms with E-state index in [2.05, 4.69) is 30.8 Å². The summed E-state index contributed by atoms with van der Waals surface area (Å²) in [5, 5.41) is 11.1. The summed E-state index contributed by atoms with van der Waals surface area (Å²) in [6.07, 6.45) is 2.60. The normalized spacial score (nSPS) is 11.4. The molecule has 2 N–H and O–H groups in total. The second kappa shape index (κ2) is 9.68. The molecule has 2 aromatic heterocycles. The summed E-state index contributed by atoms with van der Waals surface area (Å²) in [6, 6.07) is 13.2. The van der Waals surface area contributed by atoms with Gasteiger partial charge in [0.15, 0.2) is 5.96 Å². The molecule has 0 aliphatic rings. The van der Waals surface area contributed by atoms with E-state index < -0.39 is 0 Å². The van der Waals surface area contributed by atoms with Crippen LogP contribution in [0.5, 0.6) is 0 Å². The van der Waals surface area contributed by atoms with Gasteiger partial charge in [-0.1, -0.05) is 35.0 Å². The van der Waals surface area contributed by atoms with Crippen LogP contribution < -0.4 is 10.6 Å². The zero-order chi connectivity index (χ0) is 18.9. The van der Waals surface area contributed by atoms with Gasteiger partial charge < -0.3 is 15.2 Å². The van der Waals surface area contributed by atoms with Gasteiger partial charge in [0.05, 0.1) is 0 Å². The SMILES string of the molecule is CCNC(=NCc1nc(-c2cccc(Cl)c2)no1)NCCc1ccccn1. The molecule has 3 aromatic rings.